The monoisotopic (exact) mass is 448 g/mol. The van der Waals surface area contributed by atoms with Gasteiger partial charge in [0.05, 0.1) is 12.7 Å². The van der Waals surface area contributed by atoms with Gasteiger partial charge in [-0.1, -0.05) is 6.92 Å². The van der Waals surface area contributed by atoms with E-state index < -0.39 is 29.3 Å². The predicted molar refractivity (Wildman–Crippen MR) is 106 cm³/mol. The van der Waals surface area contributed by atoms with Gasteiger partial charge in [-0.05, 0) is 34.1 Å². The standard InChI is InChI=1S/C21H36O10/c1-7-15(31-21(6)13-28-19(4,23)11-29-21)17-9-27-20(5,12-25-17)30-14(2)16-8-26-18(3,22)10-24-16/h8,14-15,17,22-23H,7,9-13H2,1-6H3. The van der Waals surface area contributed by atoms with Crippen molar-refractivity contribution in [3.63, 3.8) is 0 Å². The Hall–Kier alpha value is -0.980. The van der Waals surface area contributed by atoms with E-state index in [1.54, 1.807) is 20.8 Å². The van der Waals surface area contributed by atoms with Crippen LogP contribution in [0.3, 0.4) is 0 Å². The molecule has 0 radical (unpaired) electrons. The van der Waals surface area contributed by atoms with Crippen molar-refractivity contribution < 1.29 is 48.1 Å². The van der Waals surface area contributed by atoms with Crippen LogP contribution in [0.15, 0.2) is 12.0 Å². The Labute approximate surface area is 183 Å². The molecule has 0 saturated carbocycles. The Kier molecular flexibility index (Phi) is 7.24. The summed E-state index contributed by atoms with van der Waals surface area (Å²) in [5.74, 6) is -4.16. The van der Waals surface area contributed by atoms with Gasteiger partial charge in [0.15, 0.2) is 29.7 Å². The first kappa shape index (κ1) is 24.7. The molecule has 10 heteroatoms. The van der Waals surface area contributed by atoms with Gasteiger partial charge in [-0.2, -0.15) is 0 Å². The van der Waals surface area contributed by atoms with Crippen LogP contribution >= 0.6 is 0 Å². The number of aliphatic hydroxyl groups is 2. The molecule has 0 amide bonds. The van der Waals surface area contributed by atoms with Gasteiger partial charge in [0.25, 0.3) is 0 Å². The van der Waals surface area contributed by atoms with Crippen molar-refractivity contribution in [2.45, 2.75) is 89.4 Å². The Balaban J connectivity index is 1.51. The minimum atomic E-state index is -1.35. The lowest BCUT2D eigenvalue weighted by molar-refractivity contribution is -0.385. The topological polar surface area (TPSA) is 114 Å². The SMILES string of the molecule is CCC(OC1(C)COC(C)(O)CO1)C1COC(C)(OC(C)C2=COC(C)(O)CO2)CO1. The molecule has 0 aromatic carbocycles. The van der Waals surface area contributed by atoms with E-state index in [0.29, 0.717) is 12.2 Å². The van der Waals surface area contributed by atoms with Gasteiger partial charge < -0.3 is 48.1 Å². The van der Waals surface area contributed by atoms with Gasteiger partial charge in [-0.3, -0.25) is 0 Å². The fourth-order valence-electron chi connectivity index (χ4n) is 3.47. The Morgan fingerprint density at radius 2 is 1.68 bits per heavy atom. The van der Waals surface area contributed by atoms with Crippen molar-refractivity contribution in [1.29, 1.82) is 0 Å². The highest BCUT2D eigenvalue weighted by molar-refractivity contribution is 4.99. The van der Waals surface area contributed by atoms with Gasteiger partial charge in [0, 0.05) is 6.92 Å². The van der Waals surface area contributed by atoms with Crippen LogP contribution in [-0.4, -0.2) is 84.7 Å². The molecule has 0 aliphatic carbocycles. The maximum absolute atomic E-state index is 9.90. The Morgan fingerprint density at radius 3 is 2.19 bits per heavy atom. The molecule has 0 aromatic rings. The maximum atomic E-state index is 9.90. The van der Waals surface area contributed by atoms with E-state index in [1.165, 1.54) is 13.2 Å². The van der Waals surface area contributed by atoms with Crippen LogP contribution < -0.4 is 0 Å². The van der Waals surface area contributed by atoms with Crippen LogP contribution in [0.25, 0.3) is 0 Å². The first-order valence-electron chi connectivity index (χ1n) is 10.7. The first-order chi connectivity index (χ1) is 14.3. The minimum Gasteiger partial charge on any atom is -0.485 e. The van der Waals surface area contributed by atoms with Crippen molar-refractivity contribution >= 4 is 0 Å². The molecule has 31 heavy (non-hydrogen) atoms. The molecule has 0 bridgehead atoms. The van der Waals surface area contributed by atoms with Crippen molar-refractivity contribution in [3.8, 4) is 0 Å². The maximum Gasteiger partial charge on any atom is 0.238 e. The van der Waals surface area contributed by atoms with E-state index in [9.17, 15) is 10.2 Å². The highest BCUT2D eigenvalue weighted by Gasteiger charge is 2.44. The second-order valence-electron chi connectivity index (χ2n) is 9.11. The van der Waals surface area contributed by atoms with Crippen LogP contribution in [0.5, 0.6) is 0 Å². The molecule has 3 aliphatic rings. The van der Waals surface area contributed by atoms with Crippen molar-refractivity contribution in [1.82, 2.24) is 0 Å². The Bertz CT molecular complexity index is 628. The third-order valence-electron chi connectivity index (χ3n) is 5.38. The van der Waals surface area contributed by atoms with Gasteiger partial charge >= 0.3 is 0 Å². The smallest absolute Gasteiger partial charge is 0.238 e. The summed E-state index contributed by atoms with van der Waals surface area (Å²) < 4.78 is 46.1. The van der Waals surface area contributed by atoms with Crippen LogP contribution in [0.2, 0.25) is 0 Å². The third-order valence-corrected chi connectivity index (χ3v) is 5.38. The zero-order chi connectivity index (χ0) is 22.9. The Morgan fingerprint density at radius 1 is 0.968 bits per heavy atom. The van der Waals surface area contributed by atoms with Crippen molar-refractivity contribution in [2.24, 2.45) is 0 Å². The molecule has 2 saturated heterocycles. The largest absolute Gasteiger partial charge is 0.485 e. The van der Waals surface area contributed by atoms with Gasteiger partial charge in [0.1, 0.15) is 38.3 Å². The summed E-state index contributed by atoms with van der Waals surface area (Å²) in [4.78, 5) is 0. The molecule has 3 aliphatic heterocycles. The number of rotatable bonds is 7. The molecule has 0 aromatic heterocycles. The summed E-state index contributed by atoms with van der Waals surface area (Å²) in [6.07, 6.45) is 0.964. The fourth-order valence-corrected chi connectivity index (χ4v) is 3.47. The number of hydrogen-bond donors (Lipinski definition) is 2. The van der Waals surface area contributed by atoms with E-state index in [-0.39, 0.29) is 45.2 Å². The lowest BCUT2D eigenvalue weighted by Crippen LogP contribution is -2.56. The molecule has 7 unspecified atom stereocenters. The summed E-state index contributed by atoms with van der Waals surface area (Å²) in [5, 5.41) is 19.7. The highest BCUT2D eigenvalue weighted by Crippen LogP contribution is 2.31. The zero-order valence-corrected chi connectivity index (χ0v) is 19.2. The van der Waals surface area contributed by atoms with E-state index in [1.807, 2.05) is 13.8 Å². The quantitative estimate of drug-likeness (QED) is 0.592. The fraction of sp³-hybridized carbons (Fsp3) is 0.905. The van der Waals surface area contributed by atoms with Crippen LogP contribution in [0.1, 0.15) is 48.0 Å². The summed E-state index contributed by atoms with van der Waals surface area (Å²) in [6.45, 7) is 11.0. The second-order valence-corrected chi connectivity index (χ2v) is 9.11. The predicted octanol–water partition coefficient (Wildman–Crippen LogP) is 1.39. The van der Waals surface area contributed by atoms with E-state index in [2.05, 4.69) is 0 Å². The van der Waals surface area contributed by atoms with Crippen LogP contribution in [0, 0.1) is 0 Å². The van der Waals surface area contributed by atoms with Gasteiger partial charge in [-0.15, -0.1) is 0 Å². The zero-order valence-electron chi connectivity index (χ0n) is 19.2. The molecule has 3 heterocycles. The van der Waals surface area contributed by atoms with Crippen molar-refractivity contribution in [2.75, 3.05) is 33.0 Å². The third kappa shape index (κ3) is 6.52. The molecule has 3 rings (SSSR count). The summed E-state index contributed by atoms with van der Waals surface area (Å²) in [7, 11) is 0. The number of hydrogen-bond acceptors (Lipinski definition) is 10. The summed E-state index contributed by atoms with van der Waals surface area (Å²) in [5.41, 5.74) is 0. The molecule has 180 valence electrons. The molecule has 0 spiro atoms. The molecule has 7 atom stereocenters. The van der Waals surface area contributed by atoms with E-state index in [4.69, 9.17) is 37.9 Å². The summed E-state index contributed by atoms with van der Waals surface area (Å²) in [6, 6.07) is 0. The highest BCUT2D eigenvalue weighted by atomic mass is 16.8. The molecule has 2 fully saturated rings. The molecule has 10 nitrogen and oxygen atoms in total. The normalized spacial score (nSPS) is 43.4. The van der Waals surface area contributed by atoms with Crippen molar-refractivity contribution in [3.05, 3.63) is 12.0 Å². The van der Waals surface area contributed by atoms with Crippen LogP contribution in [-0.2, 0) is 37.9 Å². The second kappa shape index (κ2) is 9.11. The average Bonchev–Trinajstić information content (AvgIpc) is 2.69. The lowest BCUT2D eigenvalue weighted by Gasteiger charge is -2.45. The number of ether oxygens (including phenoxy) is 8. The van der Waals surface area contributed by atoms with Crippen LogP contribution in [0.4, 0.5) is 0 Å². The molecular formula is C21H36O10. The lowest BCUT2D eigenvalue weighted by atomic mass is 10.1. The molecule has 2 N–H and O–H groups in total. The van der Waals surface area contributed by atoms with E-state index >= 15 is 0 Å². The first-order valence-corrected chi connectivity index (χ1v) is 10.7. The average molecular weight is 449 g/mol. The van der Waals surface area contributed by atoms with Gasteiger partial charge in [0.2, 0.25) is 5.79 Å². The minimum absolute atomic E-state index is 0.0121. The van der Waals surface area contributed by atoms with Gasteiger partial charge in [-0.25, -0.2) is 0 Å². The molecular weight excluding hydrogens is 412 g/mol. The van der Waals surface area contributed by atoms with E-state index in [0.717, 1.165) is 0 Å². The summed E-state index contributed by atoms with van der Waals surface area (Å²) >= 11 is 0.